The van der Waals surface area contributed by atoms with Gasteiger partial charge in [0.25, 0.3) is 0 Å². The van der Waals surface area contributed by atoms with E-state index in [-0.39, 0.29) is 0 Å². The monoisotopic (exact) mass is 233 g/mol. The smallest absolute Gasteiger partial charge is 0.132 e. The van der Waals surface area contributed by atoms with E-state index in [2.05, 4.69) is 47.0 Å². The zero-order valence-electron chi connectivity index (χ0n) is 7.87. The average Bonchev–Trinajstić information content (AvgIpc) is 2.32. The van der Waals surface area contributed by atoms with E-state index < -0.39 is 0 Å². The van der Waals surface area contributed by atoms with Gasteiger partial charge in [-0.3, -0.25) is 8.93 Å². The molecule has 3 nitrogen and oxygen atoms in total. The first kappa shape index (κ1) is 9.84. The van der Waals surface area contributed by atoms with E-state index in [9.17, 15) is 0 Å². The number of hydrogen-bond acceptors (Lipinski definition) is 3. The fourth-order valence-electron chi connectivity index (χ4n) is 1.43. The fourth-order valence-corrected chi connectivity index (χ4v) is 2.19. The van der Waals surface area contributed by atoms with Gasteiger partial charge in [0.1, 0.15) is 12.5 Å². The Balaban J connectivity index is 2.56. The Morgan fingerprint density at radius 1 is 1.58 bits per heavy atom. The molecule has 0 aliphatic carbocycles. The summed E-state index contributed by atoms with van der Waals surface area (Å²) in [5, 5.41) is 6.42. The van der Waals surface area contributed by atoms with Crippen LogP contribution in [0.2, 0.25) is 0 Å². The van der Waals surface area contributed by atoms with Crippen molar-refractivity contribution in [2.24, 2.45) is 11.0 Å². The van der Waals surface area contributed by atoms with Gasteiger partial charge in [0.2, 0.25) is 0 Å². The maximum atomic E-state index is 4.30. The standard InChI is InChI=1S/C8H16BrN3/c1-4-5-12-8(7(2)3)11(9)6-10-12/h6-8H,4-5H2,1-3H3. The van der Waals surface area contributed by atoms with Gasteiger partial charge in [-0.15, -0.1) is 0 Å². The third kappa shape index (κ3) is 1.91. The summed E-state index contributed by atoms with van der Waals surface area (Å²) in [6, 6.07) is 0. The Bertz CT molecular complexity index is 170. The second-order valence-electron chi connectivity index (χ2n) is 3.40. The fraction of sp³-hybridized carbons (Fsp3) is 0.875. The lowest BCUT2D eigenvalue weighted by Gasteiger charge is -2.29. The van der Waals surface area contributed by atoms with Crippen molar-refractivity contribution < 1.29 is 0 Å². The molecule has 0 aromatic heterocycles. The highest BCUT2D eigenvalue weighted by molar-refractivity contribution is 9.07. The summed E-state index contributed by atoms with van der Waals surface area (Å²) in [5.41, 5.74) is 0. The van der Waals surface area contributed by atoms with Crippen LogP contribution in [-0.2, 0) is 0 Å². The molecule has 1 aliphatic heterocycles. The minimum Gasteiger partial charge on any atom is -0.274 e. The Hall–Kier alpha value is -0.250. The van der Waals surface area contributed by atoms with Gasteiger partial charge in [-0.1, -0.05) is 20.8 Å². The molecule has 1 unspecified atom stereocenters. The van der Waals surface area contributed by atoms with Crippen LogP contribution < -0.4 is 0 Å². The first-order valence-corrected chi connectivity index (χ1v) is 5.12. The molecule has 0 spiro atoms. The minimum absolute atomic E-state index is 0.380. The molecule has 70 valence electrons. The van der Waals surface area contributed by atoms with E-state index in [0.29, 0.717) is 12.1 Å². The van der Waals surface area contributed by atoms with Crippen LogP contribution in [0.25, 0.3) is 0 Å². The molecule has 0 radical (unpaired) electrons. The molecule has 1 atom stereocenters. The Labute approximate surface area is 82.8 Å². The molecule has 1 rings (SSSR count). The lowest BCUT2D eigenvalue weighted by atomic mass is 10.1. The van der Waals surface area contributed by atoms with Crippen LogP contribution in [0.5, 0.6) is 0 Å². The summed E-state index contributed by atoms with van der Waals surface area (Å²) in [6.07, 6.45) is 3.35. The molecule has 0 saturated heterocycles. The average molecular weight is 234 g/mol. The third-order valence-corrected chi connectivity index (χ3v) is 2.52. The SMILES string of the molecule is CCCN1N=CN(Br)C1C(C)C. The molecule has 1 heterocycles. The van der Waals surface area contributed by atoms with Crippen molar-refractivity contribution in [3.63, 3.8) is 0 Å². The first-order chi connectivity index (χ1) is 5.66. The number of nitrogens with zero attached hydrogens (tertiary/aromatic N) is 3. The predicted molar refractivity (Wildman–Crippen MR) is 54.9 cm³/mol. The van der Waals surface area contributed by atoms with Gasteiger partial charge in [0.05, 0.1) is 16.1 Å². The van der Waals surface area contributed by atoms with E-state index >= 15 is 0 Å². The van der Waals surface area contributed by atoms with Crippen molar-refractivity contribution in [1.29, 1.82) is 0 Å². The van der Waals surface area contributed by atoms with Gasteiger partial charge < -0.3 is 0 Å². The Morgan fingerprint density at radius 3 is 2.75 bits per heavy atom. The summed E-state index contributed by atoms with van der Waals surface area (Å²) in [5.74, 6) is 0.582. The largest absolute Gasteiger partial charge is 0.274 e. The zero-order valence-corrected chi connectivity index (χ0v) is 9.45. The van der Waals surface area contributed by atoms with Crippen molar-refractivity contribution >= 4 is 22.5 Å². The third-order valence-electron chi connectivity index (χ3n) is 1.92. The number of hydrogen-bond donors (Lipinski definition) is 0. The topological polar surface area (TPSA) is 18.8 Å². The summed E-state index contributed by atoms with van der Waals surface area (Å²) >= 11 is 3.46. The Morgan fingerprint density at radius 2 is 2.25 bits per heavy atom. The molecule has 0 bridgehead atoms. The van der Waals surface area contributed by atoms with Crippen LogP contribution in [-0.4, -0.2) is 28.0 Å². The van der Waals surface area contributed by atoms with Gasteiger partial charge in [0, 0.05) is 6.54 Å². The van der Waals surface area contributed by atoms with Gasteiger partial charge >= 0.3 is 0 Å². The number of rotatable bonds is 3. The van der Waals surface area contributed by atoms with E-state index in [1.807, 2.05) is 10.3 Å². The second-order valence-corrected chi connectivity index (χ2v) is 4.21. The van der Waals surface area contributed by atoms with E-state index in [1.54, 1.807) is 0 Å². The highest BCUT2D eigenvalue weighted by Crippen LogP contribution is 2.22. The molecular weight excluding hydrogens is 218 g/mol. The van der Waals surface area contributed by atoms with E-state index in [1.165, 1.54) is 0 Å². The van der Waals surface area contributed by atoms with Crippen molar-refractivity contribution in [2.45, 2.75) is 33.4 Å². The molecule has 0 aromatic carbocycles. The quantitative estimate of drug-likeness (QED) is 0.697. The second kappa shape index (κ2) is 4.12. The minimum atomic E-state index is 0.380. The molecular formula is C8H16BrN3. The summed E-state index contributed by atoms with van der Waals surface area (Å²) in [7, 11) is 0. The molecule has 1 aliphatic rings. The Kier molecular flexibility index (Phi) is 3.38. The van der Waals surface area contributed by atoms with Crippen molar-refractivity contribution in [2.75, 3.05) is 6.54 Å². The molecule has 12 heavy (non-hydrogen) atoms. The highest BCUT2D eigenvalue weighted by atomic mass is 79.9. The van der Waals surface area contributed by atoms with Gasteiger partial charge in [-0.05, 0) is 12.3 Å². The van der Waals surface area contributed by atoms with Crippen LogP contribution in [0, 0.1) is 5.92 Å². The molecule has 0 aromatic rings. The maximum absolute atomic E-state index is 4.30. The lowest BCUT2D eigenvalue weighted by molar-refractivity contribution is 0.137. The van der Waals surface area contributed by atoms with Crippen LogP contribution in [0.15, 0.2) is 5.10 Å². The van der Waals surface area contributed by atoms with Crippen LogP contribution in [0.3, 0.4) is 0 Å². The lowest BCUT2D eigenvalue weighted by Crippen LogP contribution is -2.39. The summed E-state index contributed by atoms with van der Waals surface area (Å²) in [6.45, 7) is 7.61. The van der Waals surface area contributed by atoms with Crippen LogP contribution >= 0.6 is 16.1 Å². The number of halogens is 1. The van der Waals surface area contributed by atoms with E-state index in [0.717, 1.165) is 13.0 Å². The zero-order chi connectivity index (χ0) is 9.14. The highest BCUT2D eigenvalue weighted by Gasteiger charge is 2.28. The van der Waals surface area contributed by atoms with Crippen molar-refractivity contribution in [3.8, 4) is 0 Å². The summed E-state index contributed by atoms with van der Waals surface area (Å²) < 4.78 is 1.99. The molecule has 4 heteroatoms. The molecule has 0 N–H and O–H groups in total. The van der Waals surface area contributed by atoms with Gasteiger partial charge in [-0.25, -0.2) is 0 Å². The van der Waals surface area contributed by atoms with Crippen LogP contribution in [0.1, 0.15) is 27.2 Å². The van der Waals surface area contributed by atoms with Crippen LogP contribution in [0.4, 0.5) is 0 Å². The number of hydrazone groups is 1. The van der Waals surface area contributed by atoms with E-state index in [4.69, 9.17) is 0 Å². The maximum Gasteiger partial charge on any atom is 0.132 e. The first-order valence-electron chi connectivity index (χ1n) is 4.41. The molecule has 0 fully saturated rings. The van der Waals surface area contributed by atoms with Crippen molar-refractivity contribution in [1.82, 2.24) is 8.93 Å². The molecule has 0 saturated carbocycles. The van der Waals surface area contributed by atoms with Crippen molar-refractivity contribution in [3.05, 3.63) is 0 Å². The summed E-state index contributed by atoms with van der Waals surface area (Å²) in [4.78, 5) is 0. The predicted octanol–water partition coefficient (Wildman–Crippen LogP) is 2.25. The van der Waals surface area contributed by atoms with Gasteiger partial charge in [0.15, 0.2) is 0 Å². The molecule has 0 amide bonds. The van der Waals surface area contributed by atoms with Gasteiger partial charge in [-0.2, -0.15) is 5.10 Å². The normalized spacial score (nSPS) is 22.9.